The average molecular weight is 300 g/mol. The predicted molar refractivity (Wildman–Crippen MR) is 70.5 cm³/mol. The monoisotopic (exact) mass is 299 g/mol. The number of rotatable bonds is 1. The Labute approximate surface area is 107 Å². The fraction of sp³-hybridized carbons (Fsp3) is 0.167. The van der Waals surface area contributed by atoms with Gasteiger partial charge in [0.05, 0.1) is 5.03 Å². The molecule has 16 heavy (non-hydrogen) atoms. The Bertz CT molecular complexity index is 484. The second kappa shape index (κ2) is 4.26. The van der Waals surface area contributed by atoms with Gasteiger partial charge >= 0.3 is 0 Å². The molecule has 84 valence electrons. The van der Waals surface area contributed by atoms with E-state index in [-0.39, 0.29) is 5.82 Å². The summed E-state index contributed by atoms with van der Waals surface area (Å²) in [4.78, 5) is 0. The largest absolute Gasteiger partial charge is 0.393 e. The molecule has 1 atom stereocenters. The van der Waals surface area contributed by atoms with Gasteiger partial charge in [-0.15, -0.1) is 0 Å². The van der Waals surface area contributed by atoms with Gasteiger partial charge in [-0.2, -0.15) is 0 Å². The Morgan fingerprint density at radius 1 is 1.44 bits per heavy atom. The molecule has 1 unspecified atom stereocenters. The Morgan fingerprint density at radius 2 is 2.19 bits per heavy atom. The van der Waals surface area contributed by atoms with Crippen LogP contribution in [0.4, 0.5) is 4.39 Å². The molecule has 0 aromatic heterocycles. The Morgan fingerprint density at radius 3 is 2.88 bits per heavy atom. The summed E-state index contributed by atoms with van der Waals surface area (Å²) in [7, 11) is 0. The van der Waals surface area contributed by atoms with Gasteiger partial charge in [0.25, 0.3) is 0 Å². The van der Waals surface area contributed by atoms with Crippen molar-refractivity contribution in [1.29, 1.82) is 0 Å². The van der Waals surface area contributed by atoms with Crippen LogP contribution in [0.5, 0.6) is 0 Å². The molecule has 0 radical (unpaired) electrons. The quantitative estimate of drug-likeness (QED) is 0.851. The normalized spacial score (nSPS) is 24.3. The molecule has 1 aromatic rings. The molecule has 0 spiro atoms. The summed E-state index contributed by atoms with van der Waals surface area (Å²) < 4.78 is 14.7. The van der Waals surface area contributed by atoms with Gasteiger partial charge in [0.15, 0.2) is 0 Å². The van der Waals surface area contributed by atoms with Crippen molar-refractivity contribution in [2.75, 3.05) is 0 Å². The van der Waals surface area contributed by atoms with Crippen LogP contribution in [0.2, 0.25) is 0 Å². The van der Waals surface area contributed by atoms with Gasteiger partial charge in [0, 0.05) is 15.5 Å². The number of hydrogen-bond acceptors (Lipinski definition) is 2. The first-order valence-electron chi connectivity index (χ1n) is 4.79. The van der Waals surface area contributed by atoms with Crippen molar-refractivity contribution in [2.24, 2.45) is 5.73 Å². The third-order valence-corrected chi connectivity index (χ3v) is 3.72. The first-order valence-corrected chi connectivity index (χ1v) is 6.47. The SMILES string of the molecule is CC1(c2cc(Br)ccc2F)C=CSC(N)=C1. The van der Waals surface area contributed by atoms with E-state index in [4.69, 9.17) is 5.73 Å². The van der Waals surface area contributed by atoms with E-state index < -0.39 is 5.41 Å². The summed E-state index contributed by atoms with van der Waals surface area (Å²) in [6.07, 6.45) is 3.83. The minimum Gasteiger partial charge on any atom is -0.393 e. The Balaban J connectivity index is 2.54. The van der Waals surface area contributed by atoms with Gasteiger partial charge in [-0.05, 0) is 36.6 Å². The van der Waals surface area contributed by atoms with Crippen LogP contribution in [0.15, 0.2) is 45.3 Å². The first-order chi connectivity index (χ1) is 7.51. The van der Waals surface area contributed by atoms with Crippen molar-refractivity contribution < 1.29 is 4.39 Å². The number of halogens is 2. The smallest absolute Gasteiger partial charge is 0.127 e. The highest BCUT2D eigenvalue weighted by atomic mass is 79.9. The maximum absolute atomic E-state index is 13.8. The van der Waals surface area contributed by atoms with Crippen molar-refractivity contribution in [1.82, 2.24) is 0 Å². The molecule has 1 heterocycles. The lowest BCUT2D eigenvalue weighted by Crippen LogP contribution is -2.21. The van der Waals surface area contributed by atoms with E-state index in [0.29, 0.717) is 10.6 Å². The molecule has 2 rings (SSSR count). The van der Waals surface area contributed by atoms with E-state index in [1.165, 1.54) is 17.8 Å². The minimum absolute atomic E-state index is 0.216. The fourth-order valence-electron chi connectivity index (χ4n) is 1.71. The van der Waals surface area contributed by atoms with Crippen LogP contribution < -0.4 is 5.73 Å². The molecule has 0 fully saturated rings. The molecule has 0 aliphatic carbocycles. The van der Waals surface area contributed by atoms with Gasteiger partial charge in [0.2, 0.25) is 0 Å². The van der Waals surface area contributed by atoms with E-state index in [1.54, 1.807) is 12.1 Å². The number of thioether (sulfide) groups is 1. The fourth-order valence-corrected chi connectivity index (χ4v) is 2.89. The highest BCUT2D eigenvalue weighted by Gasteiger charge is 2.27. The third-order valence-electron chi connectivity index (χ3n) is 2.57. The molecule has 1 aromatic carbocycles. The van der Waals surface area contributed by atoms with Crippen LogP contribution in [0.1, 0.15) is 12.5 Å². The van der Waals surface area contributed by atoms with Crippen LogP contribution >= 0.6 is 27.7 Å². The number of nitrogens with two attached hydrogens (primary N) is 1. The van der Waals surface area contributed by atoms with Gasteiger partial charge in [-0.25, -0.2) is 4.39 Å². The number of benzene rings is 1. The molecular formula is C12H11BrFNS. The highest BCUT2D eigenvalue weighted by Crippen LogP contribution is 2.37. The van der Waals surface area contributed by atoms with Crippen LogP contribution in [-0.2, 0) is 5.41 Å². The zero-order valence-corrected chi connectivity index (χ0v) is 11.1. The lowest BCUT2D eigenvalue weighted by Gasteiger charge is -2.26. The summed E-state index contributed by atoms with van der Waals surface area (Å²) in [6, 6.07) is 4.94. The lowest BCUT2D eigenvalue weighted by atomic mass is 9.82. The Kier molecular flexibility index (Phi) is 3.13. The summed E-state index contributed by atoms with van der Waals surface area (Å²) >= 11 is 4.80. The molecule has 2 N–H and O–H groups in total. The third kappa shape index (κ3) is 2.18. The molecule has 1 aliphatic rings. The van der Waals surface area contributed by atoms with Gasteiger partial charge < -0.3 is 5.73 Å². The second-order valence-corrected chi connectivity index (χ2v) is 5.77. The first kappa shape index (κ1) is 11.7. The molecule has 1 nitrogen and oxygen atoms in total. The standard InChI is InChI=1S/C12H11BrFNS/c1-12(4-5-16-11(15)7-12)9-6-8(13)2-3-10(9)14/h2-7H,15H2,1H3. The van der Waals surface area contributed by atoms with Crippen LogP contribution in [0.25, 0.3) is 0 Å². The number of hydrogen-bond donors (Lipinski definition) is 1. The molecule has 0 bridgehead atoms. The van der Waals surface area contributed by atoms with Crippen molar-refractivity contribution in [3.05, 3.63) is 56.6 Å². The molecule has 0 amide bonds. The summed E-state index contributed by atoms with van der Waals surface area (Å²) in [6.45, 7) is 1.95. The predicted octanol–water partition coefficient (Wildman–Crippen LogP) is 3.91. The van der Waals surface area contributed by atoms with E-state index in [9.17, 15) is 4.39 Å². The Hall–Kier alpha value is -0.740. The van der Waals surface area contributed by atoms with Gasteiger partial charge in [-0.1, -0.05) is 33.8 Å². The van der Waals surface area contributed by atoms with Crippen molar-refractivity contribution >= 4 is 27.7 Å². The van der Waals surface area contributed by atoms with Crippen LogP contribution in [0, 0.1) is 5.82 Å². The zero-order chi connectivity index (χ0) is 11.8. The molecular weight excluding hydrogens is 289 g/mol. The van der Waals surface area contributed by atoms with E-state index in [0.717, 1.165) is 4.47 Å². The molecule has 4 heteroatoms. The molecule has 0 saturated heterocycles. The lowest BCUT2D eigenvalue weighted by molar-refractivity contribution is 0.580. The van der Waals surface area contributed by atoms with Crippen LogP contribution in [-0.4, -0.2) is 0 Å². The van der Waals surface area contributed by atoms with Crippen molar-refractivity contribution in [3.8, 4) is 0 Å². The second-order valence-electron chi connectivity index (χ2n) is 3.87. The maximum Gasteiger partial charge on any atom is 0.127 e. The topological polar surface area (TPSA) is 26.0 Å². The average Bonchev–Trinajstić information content (AvgIpc) is 2.21. The van der Waals surface area contributed by atoms with Crippen LogP contribution in [0.3, 0.4) is 0 Å². The maximum atomic E-state index is 13.8. The van der Waals surface area contributed by atoms with Crippen molar-refractivity contribution in [2.45, 2.75) is 12.3 Å². The van der Waals surface area contributed by atoms with Crippen molar-refractivity contribution in [3.63, 3.8) is 0 Å². The summed E-state index contributed by atoms with van der Waals surface area (Å²) in [5.41, 5.74) is 5.93. The van der Waals surface area contributed by atoms with Gasteiger partial charge in [-0.3, -0.25) is 0 Å². The summed E-state index contributed by atoms with van der Waals surface area (Å²) in [5.74, 6) is -0.216. The van der Waals surface area contributed by atoms with Gasteiger partial charge in [0.1, 0.15) is 5.82 Å². The summed E-state index contributed by atoms with van der Waals surface area (Å²) in [5, 5.41) is 2.60. The number of allylic oxidation sites excluding steroid dienone is 2. The highest BCUT2D eigenvalue weighted by molar-refractivity contribution is 9.10. The van der Waals surface area contributed by atoms with E-state index in [1.807, 2.05) is 24.5 Å². The molecule has 1 aliphatic heterocycles. The minimum atomic E-state index is -0.469. The molecule has 0 saturated carbocycles. The van der Waals surface area contributed by atoms with E-state index in [2.05, 4.69) is 15.9 Å². The van der Waals surface area contributed by atoms with E-state index >= 15 is 0 Å². The zero-order valence-electron chi connectivity index (χ0n) is 8.71.